The largest absolute Gasteiger partial charge is 0.494 e. The molecule has 1 N–H and O–H groups in total. The van der Waals surface area contributed by atoms with E-state index in [9.17, 15) is 18.0 Å². The van der Waals surface area contributed by atoms with E-state index >= 15 is 0 Å². The SMILES string of the molecule is CCOc1ccc(N(CC(=O)N(Cc2cccc(Cl)c2)C(Cc2ccccc2)C(=O)NC(C)C)S(=O)(=O)c2ccc(C)cc2)cc1. The van der Waals surface area contributed by atoms with E-state index in [2.05, 4.69) is 5.32 Å². The summed E-state index contributed by atoms with van der Waals surface area (Å²) in [6.45, 7) is 7.35. The molecule has 4 rings (SSSR count). The quantitative estimate of drug-likeness (QED) is 0.169. The van der Waals surface area contributed by atoms with Gasteiger partial charge in [-0.3, -0.25) is 13.9 Å². The van der Waals surface area contributed by atoms with Gasteiger partial charge >= 0.3 is 0 Å². The predicted molar refractivity (Wildman–Crippen MR) is 183 cm³/mol. The summed E-state index contributed by atoms with van der Waals surface area (Å²) in [6, 6.07) is 28.4. The normalized spacial score (nSPS) is 12.0. The lowest BCUT2D eigenvalue weighted by molar-refractivity contribution is -0.140. The smallest absolute Gasteiger partial charge is 0.264 e. The van der Waals surface area contributed by atoms with Crippen molar-refractivity contribution < 1.29 is 22.7 Å². The Morgan fingerprint density at radius 3 is 2.13 bits per heavy atom. The van der Waals surface area contributed by atoms with E-state index in [4.69, 9.17) is 16.3 Å². The highest BCUT2D eigenvalue weighted by atomic mass is 35.5. The molecule has 1 atom stereocenters. The number of carbonyl (C=O) groups is 2. The zero-order chi connectivity index (χ0) is 33.3. The number of hydrogen-bond donors (Lipinski definition) is 1. The average molecular weight is 662 g/mol. The Bertz CT molecular complexity index is 1710. The lowest BCUT2D eigenvalue weighted by Gasteiger charge is -2.34. The molecule has 242 valence electrons. The molecular weight excluding hydrogens is 622 g/mol. The maximum atomic E-state index is 14.5. The van der Waals surface area contributed by atoms with E-state index in [-0.39, 0.29) is 35.5 Å². The monoisotopic (exact) mass is 661 g/mol. The molecule has 0 aliphatic rings. The molecule has 4 aromatic carbocycles. The molecular formula is C36H40ClN3O5S. The third-order valence-electron chi connectivity index (χ3n) is 7.27. The Balaban J connectivity index is 1.80. The van der Waals surface area contributed by atoms with Gasteiger partial charge in [0.15, 0.2) is 0 Å². The molecule has 0 heterocycles. The van der Waals surface area contributed by atoms with Crippen LogP contribution in [0.15, 0.2) is 108 Å². The number of aryl methyl sites for hydroxylation is 1. The zero-order valence-corrected chi connectivity index (χ0v) is 28.1. The molecule has 0 fully saturated rings. The molecule has 46 heavy (non-hydrogen) atoms. The third-order valence-corrected chi connectivity index (χ3v) is 9.29. The number of benzene rings is 4. The fourth-order valence-electron chi connectivity index (χ4n) is 5.01. The number of rotatable bonds is 14. The van der Waals surface area contributed by atoms with Gasteiger partial charge in [0.2, 0.25) is 11.8 Å². The van der Waals surface area contributed by atoms with Crippen LogP contribution in [-0.4, -0.2) is 50.4 Å². The highest BCUT2D eigenvalue weighted by molar-refractivity contribution is 7.92. The number of hydrogen-bond acceptors (Lipinski definition) is 5. The van der Waals surface area contributed by atoms with Gasteiger partial charge in [0.05, 0.1) is 17.2 Å². The Labute approximate surface area is 277 Å². The standard InChI is InChI=1S/C36H40ClN3O5S/c1-5-45-32-18-16-31(17-19-32)40(46(43,44)33-20-14-27(4)15-21-33)25-35(41)39(24-29-12-9-13-30(37)22-29)34(36(42)38-26(2)3)23-28-10-7-6-8-11-28/h6-22,26,34H,5,23-25H2,1-4H3,(H,38,42). The minimum absolute atomic E-state index is 0.0319. The van der Waals surface area contributed by atoms with Gasteiger partial charge in [-0.2, -0.15) is 0 Å². The van der Waals surface area contributed by atoms with Crippen molar-refractivity contribution in [1.29, 1.82) is 0 Å². The number of sulfonamides is 1. The molecule has 0 radical (unpaired) electrons. The molecule has 0 bridgehead atoms. The number of anilines is 1. The number of nitrogens with one attached hydrogen (secondary N) is 1. The van der Waals surface area contributed by atoms with E-state index in [0.717, 1.165) is 15.4 Å². The summed E-state index contributed by atoms with van der Waals surface area (Å²) in [5, 5.41) is 3.44. The van der Waals surface area contributed by atoms with Gasteiger partial charge in [0, 0.05) is 24.0 Å². The topological polar surface area (TPSA) is 96.0 Å². The Hall–Kier alpha value is -4.34. The first-order valence-corrected chi connectivity index (χ1v) is 17.0. The van der Waals surface area contributed by atoms with Crippen molar-refractivity contribution in [2.24, 2.45) is 0 Å². The Morgan fingerprint density at radius 2 is 1.52 bits per heavy atom. The van der Waals surface area contributed by atoms with Crippen LogP contribution in [0.5, 0.6) is 5.75 Å². The van der Waals surface area contributed by atoms with E-state index < -0.39 is 28.5 Å². The van der Waals surface area contributed by atoms with Crippen LogP contribution < -0.4 is 14.4 Å². The Kier molecular flexibility index (Phi) is 11.8. The van der Waals surface area contributed by atoms with E-state index in [1.165, 1.54) is 17.0 Å². The number of nitrogens with zero attached hydrogens (tertiary/aromatic N) is 2. The summed E-state index contributed by atoms with van der Waals surface area (Å²) < 4.78 is 35.0. The first kappa shape index (κ1) is 34.5. The second-order valence-electron chi connectivity index (χ2n) is 11.3. The number of ether oxygens (including phenoxy) is 1. The number of halogens is 1. The first-order valence-electron chi connectivity index (χ1n) is 15.2. The van der Waals surface area contributed by atoms with Crippen LogP contribution in [0.25, 0.3) is 0 Å². The first-order chi connectivity index (χ1) is 22.0. The summed E-state index contributed by atoms with van der Waals surface area (Å²) in [4.78, 5) is 29.8. The number of carbonyl (C=O) groups excluding carboxylic acids is 2. The van der Waals surface area contributed by atoms with Crippen LogP contribution in [0.4, 0.5) is 5.69 Å². The molecule has 0 spiro atoms. The van der Waals surface area contributed by atoms with Crippen molar-refractivity contribution in [2.45, 2.75) is 57.6 Å². The van der Waals surface area contributed by atoms with E-state index in [1.807, 2.05) is 64.1 Å². The van der Waals surface area contributed by atoms with Gasteiger partial charge in [0.25, 0.3) is 10.0 Å². The van der Waals surface area contributed by atoms with Gasteiger partial charge in [-0.15, -0.1) is 0 Å². The van der Waals surface area contributed by atoms with E-state index in [0.29, 0.717) is 22.9 Å². The van der Waals surface area contributed by atoms with Crippen molar-refractivity contribution in [3.05, 3.63) is 125 Å². The fourth-order valence-corrected chi connectivity index (χ4v) is 6.64. The van der Waals surface area contributed by atoms with Crippen molar-refractivity contribution in [1.82, 2.24) is 10.2 Å². The van der Waals surface area contributed by atoms with Crippen molar-refractivity contribution in [2.75, 3.05) is 17.5 Å². The van der Waals surface area contributed by atoms with Crippen LogP contribution in [0.3, 0.4) is 0 Å². The summed E-state index contributed by atoms with van der Waals surface area (Å²) >= 11 is 6.31. The van der Waals surface area contributed by atoms with Gasteiger partial charge in [0.1, 0.15) is 18.3 Å². The molecule has 0 aliphatic carbocycles. The van der Waals surface area contributed by atoms with Gasteiger partial charge < -0.3 is 15.0 Å². The lowest BCUT2D eigenvalue weighted by Crippen LogP contribution is -2.54. The average Bonchev–Trinajstić information content (AvgIpc) is 3.02. The zero-order valence-electron chi connectivity index (χ0n) is 26.5. The van der Waals surface area contributed by atoms with Crippen LogP contribution in [0.2, 0.25) is 5.02 Å². The molecule has 2 amide bonds. The molecule has 0 aromatic heterocycles. The summed E-state index contributed by atoms with van der Waals surface area (Å²) in [5.41, 5.74) is 2.73. The van der Waals surface area contributed by atoms with Crippen molar-refractivity contribution in [3.63, 3.8) is 0 Å². The van der Waals surface area contributed by atoms with Gasteiger partial charge in [-0.25, -0.2) is 8.42 Å². The van der Waals surface area contributed by atoms with Crippen molar-refractivity contribution in [3.8, 4) is 5.75 Å². The van der Waals surface area contributed by atoms with Gasteiger partial charge in [-0.05, 0) is 87.4 Å². The van der Waals surface area contributed by atoms with Gasteiger partial charge in [-0.1, -0.05) is 71.8 Å². The predicted octanol–water partition coefficient (Wildman–Crippen LogP) is 6.41. The molecule has 0 saturated heterocycles. The molecule has 1 unspecified atom stereocenters. The maximum Gasteiger partial charge on any atom is 0.264 e. The molecule has 0 saturated carbocycles. The lowest BCUT2D eigenvalue weighted by atomic mass is 10.0. The van der Waals surface area contributed by atoms with Crippen molar-refractivity contribution >= 4 is 39.1 Å². The number of amides is 2. The molecule has 8 nitrogen and oxygen atoms in total. The van der Waals surface area contributed by atoms with Crippen LogP contribution in [0, 0.1) is 6.92 Å². The summed E-state index contributed by atoms with van der Waals surface area (Å²) in [5.74, 6) is -0.325. The Morgan fingerprint density at radius 1 is 0.870 bits per heavy atom. The molecule has 4 aromatic rings. The van der Waals surface area contributed by atoms with Crippen LogP contribution in [-0.2, 0) is 32.6 Å². The highest BCUT2D eigenvalue weighted by Crippen LogP contribution is 2.27. The second kappa shape index (κ2) is 15.8. The minimum atomic E-state index is -4.20. The second-order valence-corrected chi connectivity index (χ2v) is 13.6. The van der Waals surface area contributed by atoms with E-state index in [1.54, 1.807) is 54.6 Å². The van der Waals surface area contributed by atoms with Crippen LogP contribution in [0.1, 0.15) is 37.5 Å². The summed E-state index contributed by atoms with van der Waals surface area (Å²) in [7, 11) is -4.20. The maximum absolute atomic E-state index is 14.5. The third kappa shape index (κ3) is 9.11. The fraction of sp³-hybridized carbons (Fsp3) is 0.278. The summed E-state index contributed by atoms with van der Waals surface area (Å²) in [6.07, 6.45) is 0.222. The minimum Gasteiger partial charge on any atom is -0.494 e. The molecule has 10 heteroatoms. The highest BCUT2D eigenvalue weighted by Gasteiger charge is 2.35. The van der Waals surface area contributed by atoms with Crippen LogP contribution >= 0.6 is 11.6 Å². The molecule has 0 aliphatic heterocycles.